The lowest BCUT2D eigenvalue weighted by Crippen LogP contribution is -2.51. The number of carbonyl (C=O) groups is 2. The van der Waals surface area contributed by atoms with Crippen LogP contribution in [0, 0.1) is 13.8 Å². The van der Waals surface area contributed by atoms with E-state index in [1.807, 2.05) is 30.9 Å². The number of aryl methyl sites for hydroxylation is 2. The predicted octanol–water partition coefficient (Wildman–Crippen LogP) is 1.50. The van der Waals surface area contributed by atoms with Gasteiger partial charge in [-0.25, -0.2) is 0 Å². The first-order chi connectivity index (χ1) is 12.5. The maximum absolute atomic E-state index is 12.4. The van der Waals surface area contributed by atoms with Crippen molar-refractivity contribution in [3.8, 4) is 5.75 Å². The Balaban J connectivity index is 1.35. The second-order valence-corrected chi connectivity index (χ2v) is 7.37. The summed E-state index contributed by atoms with van der Waals surface area (Å²) in [4.78, 5) is 28.2. The first-order valence-corrected chi connectivity index (χ1v) is 9.51. The highest BCUT2D eigenvalue weighted by atomic mass is 16.5. The molecule has 0 atom stereocenters. The first-order valence-electron chi connectivity index (χ1n) is 9.51. The van der Waals surface area contributed by atoms with Crippen LogP contribution in [-0.2, 0) is 9.59 Å². The molecule has 1 aromatic rings. The Morgan fingerprint density at radius 3 is 2.58 bits per heavy atom. The Morgan fingerprint density at radius 1 is 1.15 bits per heavy atom. The third-order valence-electron chi connectivity index (χ3n) is 4.95. The minimum absolute atomic E-state index is 0.106. The molecule has 6 nitrogen and oxygen atoms in total. The molecule has 1 aliphatic heterocycles. The molecule has 1 heterocycles. The van der Waals surface area contributed by atoms with E-state index in [9.17, 15) is 9.59 Å². The topological polar surface area (TPSA) is 61.9 Å². The summed E-state index contributed by atoms with van der Waals surface area (Å²) in [5, 5.41) is 3.01. The smallest absolute Gasteiger partial charge is 0.234 e. The third-order valence-corrected chi connectivity index (χ3v) is 4.95. The van der Waals surface area contributed by atoms with E-state index in [0.717, 1.165) is 42.8 Å². The number of hydrogen-bond donors (Lipinski definition) is 1. The summed E-state index contributed by atoms with van der Waals surface area (Å²) in [5.74, 6) is 1.08. The maximum atomic E-state index is 12.4. The van der Waals surface area contributed by atoms with Crippen LogP contribution in [0.1, 0.15) is 30.4 Å². The molecule has 2 aliphatic rings. The molecule has 3 rings (SSSR count). The fourth-order valence-corrected chi connectivity index (χ4v) is 3.13. The average molecular weight is 359 g/mol. The molecule has 1 aliphatic carbocycles. The van der Waals surface area contributed by atoms with Crippen molar-refractivity contribution >= 4 is 11.8 Å². The summed E-state index contributed by atoms with van der Waals surface area (Å²) in [5.41, 5.74) is 2.24. The number of nitrogens with one attached hydrogen (secondary N) is 1. The number of benzene rings is 1. The molecule has 26 heavy (non-hydrogen) atoms. The van der Waals surface area contributed by atoms with Crippen LogP contribution in [0.3, 0.4) is 0 Å². The van der Waals surface area contributed by atoms with Gasteiger partial charge in [0.1, 0.15) is 5.75 Å². The summed E-state index contributed by atoms with van der Waals surface area (Å²) in [6.07, 6.45) is 2.60. The lowest BCUT2D eigenvalue weighted by molar-refractivity contribution is -0.133. The van der Waals surface area contributed by atoms with E-state index >= 15 is 0 Å². The molecule has 0 radical (unpaired) electrons. The van der Waals surface area contributed by atoms with Crippen LogP contribution in [0.15, 0.2) is 18.2 Å². The van der Waals surface area contributed by atoms with E-state index in [0.29, 0.717) is 38.7 Å². The standard InChI is InChI=1S/C20H29N3O3/c1-15-3-4-16(2)18(13-15)26-12-7-20(25)23-10-8-22(9-11-23)14-19(24)21-17-5-6-17/h3-4,13,17H,5-12,14H2,1-2H3,(H,21,24). The molecule has 6 heteroatoms. The fourth-order valence-electron chi connectivity index (χ4n) is 3.13. The van der Waals surface area contributed by atoms with Crippen LogP contribution in [-0.4, -0.2) is 67.0 Å². The predicted molar refractivity (Wildman–Crippen MR) is 100 cm³/mol. The molecule has 0 unspecified atom stereocenters. The minimum Gasteiger partial charge on any atom is -0.493 e. The van der Waals surface area contributed by atoms with E-state index in [2.05, 4.69) is 16.3 Å². The van der Waals surface area contributed by atoms with Gasteiger partial charge in [0.05, 0.1) is 19.6 Å². The summed E-state index contributed by atoms with van der Waals surface area (Å²) >= 11 is 0. The van der Waals surface area contributed by atoms with Gasteiger partial charge < -0.3 is 15.0 Å². The van der Waals surface area contributed by atoms with Crippen molar-refractivity contribution < 1.29 is 14.3 Å². The van der Waals surface area contributed by atoms with Crippen LogP contribution >= 0.6 is 0 Å². The van der Waals surface area contributed by atoms with Crippen LogP contribution in [0.4, 0.5) is 0 Å². The van der Waals surface area contributed by atoms with Gasteiger partial charge >= 0.3 is 0 Å². The molecule has 1 saturated heterocycles. The maximum Gasteiger partial charge on any atom is 0.234 e. The van der Waals surface area contributed by atoms with Gasteiger partial charge in [-0.2, -0.15) is 0 Å². The van der Waals surface area contributed by atoms with Gasteiger partial charge in [-0.1, -0.05) is 12.1 Å². The highest BCUT2D eigenvalue weighted by molar-refractivity contribution is 5.79. The number of nitrogens with zero attached hydrogens (tertiary/aromatic N) is 2. The molecule has 0 aromatic heterocycles. The van der Waals surface area contributed by atoms with Crippen LogP contribution in [0.5, 0.6) is 5.75 Å². The van der Waals surface area contributed by atoms with Crippen molar-refractivity contribution in [1.82, 2.24) is 15.1 Å². The van der Waals surface area contributed by atoms with E-state index < -0.39 is 0 Å². The van der Waals surface area contributed by atoms with Gasteiger partial charge in [0.15, 0.2) is 0 Å². The van der Waals surface area contributed by atoms with Crippen molar-refractivity contribution in [2.45, 2.75) is 39.2 Å². The van der Waals surface area contributed by atoms with Gasteiger partial charge in [0.25, 0.3) is 0 Å². The lowest BCUT2D eigenvalue weighted by atomic mass is 10.1. The summed E-state index contributed by atoms with van der Waals surface area (Å²) in [6.45, 7) is 7.74. The van der Waals surface area contributed by atoms with E-state index in [-0.39, 0.29) is 11.8 Å². The quantitative estimate of drug-likeness (QED) is 0.801. The van der Waals surface area contributed by atoms with Crippen LogP contribution in [0.25, 0.3) is 0 Å². The first kappa shape index (κ1) is 18.7. The number of amides is 2. The Labute approximate surface area is 155 Å². The highest BCUT2D eigenvalue weighted by Crippen LogP contribution is 2.19. The van der Waals surface area contributed by atoms with Gasteiger partial charge in [-0.05, 0) is 43.9 Å². The monoisotopic (exact) mass is 359 g/mol. The number of piperazine rings is 1. The van der Waals surface area contributed by atoms with Crippen LogP contribution < -0.4 is 10.1 Å². The normalized spacial score (nSPS) is 17.8. The Bertz CT molecular complexity index is 650. The van der Waals surface area contributed by atoms with Crippen molar-refractivity contribution in [2.75, 3.05) is 39.3 Å². The molecular formula is C20H29N3O3. The molecule has 1 N–H and O–H groups in total. The van der Waals surface area contributed by atoms with E-state index in [1.54, 1.807) is 0 Å². The van der Waals surface area contributed by atoms with Crippen molar-refractivity contribution in [2.24, 2.45) is 0 Å². The highest BCUT2D eigenvalue weighted by Gasteiger charge is 2.26. The minimum atomic E-state index is 0.106. The summed E-state index contributed by atoms with van der Waals surface area (Å²) < 4.78 is 5.78. The molecule has 0 spiro atoms. The number of hydrogen-bond acceptors (Lipinski definition) is 4. The van der Waals surface area contributed by atoms with Crippen molar-refractivity contribution in [1.29, 1.82) is 0 Å². The summed E-state index contributed by atoms with van der Waals surface area (Å²) in [7, 11) is 0. The molecule has 1 saturated carbocycles. The lowest BCUT2D eigenvalue weighted by Gasteiger charge is -2.34. The Kier molecular flexibility index (Phi) is 6.14. The zero-order chi connectivity index (χ0) is 18.5. The van der Waals surface area contributed by atoms with Gasteiger partial charge in [0.2, 0.25) is 11.8 Å². The molecule has 0 bridgehead atoms. The Hall–Kier alpha value is -2.08. The second kappa shape index (κ2) is 8.54. The third kappa shape index (κ3) is 5.46. The second-order valence-electron chi connectivity index (χ2n) is 7.37. The zero-order valence-electron chi connectivity index (χ0n) is 15.8. The van der Waals surface area contributed by atoms with E-state index in [1.165, 1.54) is 0 Å². The average Bonchev–Trinajstić information content (AvgIpc) is 3.42. The molecule has 2 amide bonds. The molecule has 1 aromatic carbocycles. The SMILES string of the molecule is Cc1ccc(C)c(OCCC(=O)N2CCN(CC(=O)NC3CC3)CC2)c1. The summed E-state index contributed by atoms with van der Waals surface area (Å²) in [6, 6.07) is 6.50. The number of rotatable bonds is 7. The zero-order valence-corrected chi connectivity index (χ0v) is 15.8. The largest absolute Gasteiger partial charge is 0.493 e. The van der Waals surface area contributed by atoms with Crippen LogP contribution in [0.2, 0.25) is 0 Å². The fraction of sp³-hybridized carbons (Fsp3) is 0.600. The molecular weight excluding hydrogens is 330 g/mol. The van der Waals surface area contributed by atoms with Crippen molar-refractivity contribution in [3.05, 3.63) is 29.3 Å². The van der Waals surface area contributed by atoms with Gasteiger partial charge in [-0.3, -0.25) is 14.5 Å². The van der Waals surface area contributed by atoms with Gasteiger partial charge in [0, 0.05) is 32.2 Å². The molecule has 142 valence electrons. The van der Waals surface area contributed by atoms with Gasteiger partial charge in [-0.15, -0.1) is 0 Å². The molecule has 2 fully saturated rings. The van der Waals surface area contributed by atoms with E-state index in [4.69, 9.17) is 4.74 Å². The Morgan fingerprint density at radius 2 is 1.88 bits per heavy atom. The number of carbonyl (C=O) groups excluding carboxylic acids is 2. The van der Waals surface area contributed by atoms with Crippen molar-refractivity contribution in [3.63, 3.8) is 0 Å². The number of ether oxygens (including phenoxy) is 1.